The van der Waals surface area contributed by atoms with E-state index >= 15 is 0 Å². The molecule has 0 aromatic heterocycles. The lowest BCUT2D eigenvalue weighted by atomic mass is 9.87. The minimum absolute atomic E-state index is 0.163. The van der Waals surface area contributed by atoms with Crippen LogP contribution in [0, 0.1) is 5.41 Å². The molecule has 3 N–H and O–H groups in total. The summed E-state index contributed by atoms with van der Waals surface area (Å²) in [6, 6.07) is -0.517. The largest absolute Gasteiger partial charge is 0.355 e. The second-order valence-electron chi connectivity index (χ2n) is 4.44. The molecule has 15 heavy (non-hydrogen) atoms. The molecule has 1 atom stereocenters. The van der Waals surface area contributed by atoms with Gasteiger partial charge in [0.25, 0.3) is 0 Å². The molecule has 0 aromatic rings. The summed E-state index contributed by atoms with van der Waals surface area (Å²) < 4.78 is 0. The fourth-order valence-corrected chi connectivity index (χ4v) is 0.909. The smallest absolute Gasteiger partial charge is 0.237 e. The summed E-state index contributed by atoms with van der Waals surface area (Å²) in [5.41, 5.74) is 13.5. The number of hydrogen-bond donors (Lipinski definition) is 2. The van der Waals surface area contributed by atoms with Gasteiger partial charge in [0.1, 0.15) is 0 Å². The van der Waals surface area contributed by atoms with Crippen LogP contribution in [0.1, 0.15) is 27.2 Å². The van der Waals surface area contributed by atoms with Gasteiger partial charge < -0.3 is 11.1 Å². The van der Waals surface area contributed by atoms with Crippen molar-refractivity contribution in [2.24, 2.45) is 16.3 Å². The number of nitrogens with two attached hydrogens (primary N) is 1. The summed E-state index contributed by atoms with van der Waals surface area (Å²) in [5.74, 6) is -0.163. The highest BCUT2D eigenvalue weighted by Crippen LogP contribution is 2.16. The average Bonchev–Trinajstić information content (AvgIpc) is 2.14. The first-order valence-electron chi connectivity index (χ1n) is 4.93. The van der Waals surface area contributed by atoms with Crippen molar-refractivity contribution in [2.75, 3.05) is 13.1 Å². The summed E-state index contributed by atoms with van der Waals surface area (Å²) >= 11 is 0. The first-order chi connectivity index (χ1) is 6.89. The zero-order valence-electron chi connectivity index (χ0n) is 9.53. The quantitative estimate of drug-likeness (QED) is 0.310. The fraction of sp³-hybridized carbons (Fsp3) is 0.889. The Labute approximate surface area is 89.8 Å². The number of nitrogens with zero attached hydrogens (tertiary/aromatic N) is 3. The Bertz CT molecular complexity index is 252. The summed E-state index contributed by atoms with van der Waals surface area (Å²) in [5, 5.41) is 6.06. The van der Waals surface area contributed by atoms with Crippen LogP contribution in [-0.4, -0.2) is 25.0 Å². The molecule has 0 bridgehead atoms. The second kappa shape index (κ2) is 6.27. The first-order valence-corrected chi connectivity index (χ1v) is 4.93. The van der Waals surface area contributed by atoms with E-state index in [2.05, 4.69) is 15.3 Å². The SMILES string of the molecule is CC(C)(C)C(N)C(=O)NCCCN=[N+]=[N-]. The predicted molar refractivity (Wildman–Crippen MR) is 59.1 cm³/mol. The number of rotatable bonds is 5. The molecule has 6 heteroatoms. The Morgan fingerprint density at radius 1 is 1.60 bits per heavy atom. The van der Waals surface area contributed by atoms with Gasteiger partial charge in [0.05, 0.1) is 6.04 Å². The third-order valence-electron chi connectivity index (χ3n) is 2.01. The number of amides is 1. The van der Waals surface area contributed by atoms with Crippen LogP contribution in [0.15, 0.2) is 5.11 Å². The van der Waals surface area contributed by atoms with E-state index < -0.39 is 6.04 Å². The maximum absolute atomic E-state index is 11.5. The molecule has 0 aliphatic rings. The van der Waals surface area contributed by atoms with Crippen LogP contribution in [0.3, 0.4) is 0 Å². The minimum Gasteiger partial charge on any atom is -0.355 e. The van der Waals surface area contributed by atoms with Gasteiger partial charge in [-0.05, 0) is 17.4 Å². The molecule has 0 aromatic carbocycles. The van der Waals surface area contributed by atoms with Crippen LogP contribution in [0.5, 0.6) is 0 Å². The molecule has 0 fully saturated rings. The minimum atomic E-state index is -0.517. The molecule has 0 heterocycles. The van der Waals surface area contributed by atoms with Gasteiger partial charge in [-0.2, -0.15) is 0 Å². The summed E-state index contributed by atoms with van der Waals surface area (Å²) in [7, 11) is 0. The number of hydrogen-bond acceptors (Lipinski definition) is 3. The Morgan fingerprint density at radius 3 is 2.67 bits per heavy atom. The zero-order chi connectivity index (χ0) is 11.9. The van der Waals surface area contributed by atoms with Crippen LogP contribution in [0.2, 0.25) is 0 Å². The Hall–Kier alpha value is -1.26. The molecule has 0 rings (SSSR count). The topological polar surface area (TPSA) is 104 Å². The molecule has 0 saturated carbocycles. The lowest BCUT2D eigenvalue weighted by Crippen LogP contribution is -2.48. The Kier molecular flexibility index (Phi) is 5.74. The third-order valence-corrected chi connectivity index (χ3v) is 2.01. The number of azide groups is 1. The van der Waals surface area contributed by atoms with Crippen LogP contribution in [-0.2, 0) is 4.79 Å². The maximum Gasteiger partial charge on any atom is 0.237 e. The number of carbonyl (C=O) groups is 1. The molecular weight excluding hydrogens is 194 g/mol. The molecular formula is C9H19N5O. The van der Waals surface area contributed by atoms with E-state index in [-0.39, 0.29) is 11.3 Å². The first kappa shape index (κ1) is 13.7. The van der Waals surface area contributed by atoms with Crippen molar-refractivity contribution in [1.29, 1.82) is 0 Å². The summed E-state index contributed by atoms with van der Waals surface area (Å²) in [6.07, 6.45) is 0.632. The normalized spacial score (nSPS) is 12.8. The van der Waals surface area contributed by atoms with Crippen LogP contribution >= 0.6 is 0 Å². The summed E-state index contributed by atoms with van der Waals surface area (Å²) in [6.45, 7) is 6.62. The van der Waals surface area contributed by atoms with Crippen molar-refractivity contribution < 1.29 is 4.79 Å². The van der Waals surface area contributed by atoms with Gasteiger partial charge in [-0.15, -0.1) is 0 Å². The molecule has 1 unspecified atom stereocenters. The highest BCUT2D eigenvalue weighted by Gasteiger charge is 2.26. The second-order valence-corrected chi connectivity index (χ2v) is 4.44. The van der Waals surface area contributed by atoms with Crippen molar-refractivity contribution in [3.05, 3.63) is 10.4 Å². The lowest BCUT2D eigenvalue weighted by molar-refractivity contribution is -0.124. The fourth-order valence-electron chi connectivity index (χ4n) is 0.909. The van der Waals surface area contributed by atoms with Crippen LogP contribution < -0.4 is 11.1 Å². The van der Waals surface area contributed by atoms with E-state index in [1.54, 1.807) is 0 Å². The van der Waals surface area contributed by atoms with Gasteiger partial charge in [-0.3, -0.25) is 4.79 Å². The highest BCUT2D eigenvalue weighted by atomic mass is 16.2. The van der Waals surface area contributed by atoms with E-state index in [0.717, 1.165) is 0 Å². The van der Waals surface area contributed by atoms with Crippen molar-refractivity contribution in [2.45, 2.75) is 33.2 Å². The highest BCUT2D eigenvalue weighted by molar-refractivity contribution is 5.82. The van der Waals surface area contributed by atoms with Crippen molar-refractivity contribution >= 4 is 5.91 Å². The molecule has 0 aliphatic heterocycles. The molecule has 6 nitrogen and oxygen atoms in total. The van der Waals surface area contributed by atoms with Gasteiger partial charge in [0, 0.05) is 18.0 Å². The molecule has 0 spiro atoms. The van der Waals surface area contributed by atoms with Crippen LogP contribution in [0.4, 0.5) is 0 Å². The van der Waals surface area contributed by atoms with Crippen molar-refractivity contribution in [1.82, 2.24) is 5.32 Å². The molecule has 86 valence electrons. The third kappa shape index (κ3) is 5.93. The van der Waals surface area contributed by atoms with Gasteiger partial charge in [0.2, 0.25) is 5.91 Å². The van der Waals surface area contributed by atoms with E-state index in [0.29, 0.717) is 19.5 Å². The Balaban J connectivity index is 3.79. The summed E-state index contributed by atoms with van der Waals surface area (Å²) in [4.78, 5) is 14.1. The van der Waals surface area contributed by atoms with Crippen molar-refractivity contribution in [3.63, 3.8) is 0 Å². The van der Waals surface area contributed by atoms with Gasteiger partial charge in [-0.25, -0.2) is 0 Å². The van der Waals surface area contributed by atoms with Gasteiger partial charge in [-0.1, -0.05) is 25.9 Å². The molecule has 0 radical (unpaired) electrons. The Morgan fingerprint density at radius 2 is 2.20 bits per heavy atom. The monoisotopic (exact) mass is 213 g/mol. The van der Waals surface area contributed by atoms with E-state index in [9.17, 15) is 4.79 Å². The molecule has 0 saturated heterocycles. The van der Waals surface area contributed by atoms with Gasteiger partial charge in [0.15, 0.2) is 0 Å². The number of nitrogens with one attached hydrogen (secondary N) is 1. The van der Waals surface area contributed by atoms with E-state index in [1.807, 2.05) is 20.8 Å². The van der Waals surface area contributed by atoms with Crippen molar-refractivity contribution in [3.8, 4) is 0 Å². The van der Waals surface area contributed by atoms with Gasteiger partial charge >= 0.3 is 0 Å². The van der Waals surface area contributed by atoms with Crippen LogP contribution in [0.25, 0.3) is 10.4 Å². The van der Waals surface area contributed by atoms with E-state index in [4.69, 9.17) is 11.3 Å². The molecule has 0 aliphatic carbocycles. The lowest BCUT2D eigenvalue weighted by Gasteiger charge is -2.25. The average molecular weight is 213 g/mol. The molecule has 1 amide bonds. The number of carbonyl (C=O) groups excluding carboxylic acids is 1. The zero-order valence-corrected chi connectivity index (χ0v) is 9.53. The standard InChI is InChI=1S/C9H19N5O/c1-9(2,3)7(10)8(15)12-5-4-6-13-14-11/h7H,4-6,10H2,1-3H3,(H,12,15). The predicted octanol–water partition coefficient (Wildman–Crippen LogP) is 1.18. The van der Waals surface area contributed by atoms with E-state index in [1.165, 1.54) is 0 Å². The maximum atomic E-state index is 11.5.